The van der Waals surface area contributed by atoms with Crippen LogP contribution in [0.2, 0.25) is 0 Å². The SMILES string of the molecule is CCCCOC(=O)COc1ccc2cc(Br)ccc2c1. The van der Waals surface area contributed by atoms with Crippen LogP contribution in [0.4, 0.5) is 0 Å². The van der Waals surface area contributed by atoms with Crippen molar-refractivity contribution in [3.8, 4) is 5.75 Å². The zero-order valence-electron chi connectivity index (χ0n) is 11.4. The van der Waals surface area contributed by atoms with Gasteiger partial charge in [0.2, 0.25) is 0 Å². The Labute approximate surface area is 127 Å². The molecule has 0 aliphatic carbocycles. The van der Waals surface area contributed by atoms with E-state index >= 15 is 0 Å². The summed E-state index contributed by atoms with van der Waals surface area (Å²) in [5.74, 6) is 0.349. The van der Waals surface area contributed by atoms with Crippen molar-refractivity contribution in [2.75, 3.05) is 13.2 Å². The van der Waals surface area contributed by atoms with Gasteiger partial charge >= 0.3 is 5.97 Å². The van der Waals surface area contributed by atoms with E-state index in [1.165, 1.54) is 0 Å². The second-order valence-electron chi connectivity index (χ2n) is 4.52. The number of benzene rings is 2. The predicted molar refractivity (Wildman–Crippen MR) is 83.0 cm³/mol. The topological polar surface area (TPSA) is 35.5 Å². The molecule has 4 heteroatoms. The second-order valence-corrected chi connectivity index (χ2v) is 5.43. The van der Waals surface area contributed by atoms with Crippen LogP contribution in [0.15, 0.2) is 40.9 Å². The molecule has 0 N–H and O–H groups in total. The molecule has 20 heavy (non-hydrogen) atoms. The van der Waals surface area contributed by atoms with Crippen LogP contribution in [0.5, 0.6) is 5.75 Å². The van der Waals surface area contributed by atoms with Gasteiger partial charge in [0.25, 0.3) is 0 Å². The molecule has 0 radical (unpaired) electrons. The third kappa shape index (κ3) is 4.23. The first-order valence-electron chi connectivity index (χ1n) is 6.67. The molecule has 2 rings (SSSR count). The molecule has 0 saturated heterocycles. The molecular weight excluding hydrogens is 320 g/mol. The molecule has 0 heterocycles. The Hall–Kier alpha value is -1.55. The van der Waals surface area contributed by atoms with Crippen LogP contribution in [0.3, 0.4) is 0 Å². The van der Waals surface area contributed by atoms with E-state index in [2.05, 4.69) is 22.9 Å². The van der Waals surface area contributed by atoms with E-state index in [9.17, 15) is 4.79 Å². The molecule has 0 fully saturated rings. The Morgan fingerprint density at radius 2 is 1.90 bits per heavy atom. The predicted octanol–water partition coefficient (Wildman–Crippen LogP) is 4.32. The van der Waals surface area contributed by atoms with Crippen LogP contribution in [0.1, 0.15) is 19.8 Å². The molecule has 2 aromatic carbocycles. The molecule has 0 unspecified atom stereocenters. The van der Waals surface area contributed by atoms with Gasteiger partial charge in [-0.3, -0.25) is 0 Å². The van der Waals surface area contributed by atoms with Gasteiger partial charge in [-0.15, -0.1) is 0 Å². The van der Waals surface area contributed by atoms with Crippen molar-refractivity contribution < 1.29 is 14.3 Å². The average molecular weight is 337 g/mol. The molecule has 0 aliphatic rings. The fourth-order valence-electron chi connectivity index (χ4n) is 1.80. The highest BCUT2D eigenvalue weighted by atomic mass is 79.9. The highest BCUT2D eigenvalue weighted by Gasteiger charge is 2.04. The lowest BCUT2D eigenvalue weighted by Gasteiger charge is -2.07. The molecular formula is C16H17BrO3. The van der Waals surface area contributed by atoms with E-state index in [1.807, 2.05) is 36.4 Å². The number of hydrogen-bond acceptors (Lipinski definition) is 3. The smallest absolute Gasteiger partial charge is 0.344 e. The van der Waals surface area contributed by atoms with E-state index in [-0.39, 0.29) is 12.6 Å². The summed E-state index contributed by atoms with van der Waals surface area (Å²) in [5, 5.41) is 2.20. The number of ether oxygens (including phenoxy) is 2. The van der Waals surface area contributed by atoms with E-state index in [4.69, 9.17) is 9.47 Å². The first-order chi connectivity index (χ1) is 9.69. The summed E-state index contributed by atoms with van der Waals surface area (Å²) < 4.78 is 11.5. The van der Waals surface area contributed by atoms with Gasteiger partial charge in [-0.05, 0) is 41.5 Å². The van der Waals surface area contributed by atoms with Crippen LogP contribution in [0, 0.1) is 0 Å². The summed E-state index contributed by atoms with van der Waals surface area (Å²) in [6, 6.07) is 11.8. The quantitative estimate of drug-likeness (QED) is 0.582. The molecule has 0 saturated carbocycles. The van der Waals surface area contributed by atoms with Crippen molar-refractivity contribution in [1.29, 1.82) is 0 Å². The van der Waals surface area contributed by atoms with Crippen molar-refractivity contribution in [3.63, 3.8) is 0 Å². The lowest BCUT2D eigenvalue weighted by Crippen LogP contribution is -2.15. The lowest BCUT2D eigenvalue weighted by molar-refractivity contribution is -0.146. The Balaban J connectivity index is 1.93. The number of rotatable bonds is 6. The van der Waals surface area contributed by atoms with Gasteiger partial charge in [0.1, 0.15) is 5.75 Å². The minimum absolute atomic E-state index is 0.0499. The van der Waals surface area contributed by atoms with E-state index in [1.54, 1.807) is 0 Å². The normalized spacial score (nSPS) is 10.5. The summed E-state index contributed by atoms with van der Waals surface area (Å²) in [6.07, 6.45) is 1.89. The first kappa shape index (κ1) is 14.9. The number of carbonyl (C=O) groups is 1. The van der Waals surface area contributed by atoms with Crippen molar-refractivity contribution in [3.05, 3.63) is 40.9 Å². The Bertz CT molecular complexity index is 595. The Morgan fingerprint density at radius 1 is 1.15 bits per heavy atom. The monoisotopic (exact) mass is 336 g/mol. The molecule has 0 bridgehead atoms. The van der Waals surface area contributed by atoms with Crippen LogP contribution in [-0.4, -0.2) is 19.2 Å². The van der Waals surface area contributed by atoms with E-state index in [0.717, 1.165) is 28.1 Å². The summed E-state index contributed by atoms with van der Waals surface area (Å²) in [7, 11) is 0. The molecule has 0 amide bonds. The van der Waals surface area contributed by atoms with Crippen molar-refractivity contribution in [2.45, 2.75) is 19.8 Å². The van der Waals surface area contributed by atoms with E-state index < -0.39 is 0 Å². The average Bonchev–Trinajstić information content (AvgIpc) is 2.45. The fourth-order valence-corrected chi connectivity index (χ4v) is 2.18. The zero-order chi connectivity index (χ0) is 14.4. The Morgan fingerprint density at radius 3 is 2.70 bits per heavy atom. The van der Waals surface area contributed by atoms with Crippen LogP contribution < -0.4 is 4.74 Å². The van der Waals surface area contributed by atoms with Gasteiger partial charge in [0.05, 0.1) is 6.61 Å². The van der Waals surface area contributed by atoms with Crippen LogP contribution in [-0.2, 0) is 9.53 Å². The summed E-state index contributed by atoms with van der Waals surface area (Å²) in [4.78, 5) is 11.4. The van der Waals surface area contributed by atoms with Gasteiger partial charge in [0.15, 0.2) is 6.61 Å². The maximum absolute atomic E-state index is 11.4. The summed E-state index contributed by atoms with van der Waals surface area (Å²) >= 11 is 3.44. The Kier molecular flexibility index (Phi) is 5.41. The maximum atomic E-state index is 11.4. The minimum Gasteiger partial charge on any atom is -0.482 e. The third-order valence-corrected chi connectivity index (χ3v) is 3.38. The van der Waals surface area contributed by atoms with Crippen LogP contribution in [0.25, 0.3) is 10.8 Å². The van der Waals surface area contributed by atoms with Crippen LogP contribution >= 0.6 is 15.9 Å². The highest BCUT2D eigenvalue weighted by Crippen LogP contribution is 2.24. The van der Waals surface area contributed by atoms with E-state index in [0.29, 0.717) is 12.4 Å². The standard InChI is InChI=1S/C16H17BrO3/c1-2-3-8-19-16(18)11-20-15-7-5-12-9-14(17)6-4-13(12)10-15/h4-7,9-10H,2-3,8,11H2,1H3. The number of esters is 1. The number of carbonyl (C=O) groups excluding carboxylic acids is 1. The number of fused-ring (bicyclic) bond motifs is 1. The first-order valence-corrected chi connectivity index (χ1v) is 7.46. The molecule has 0 aromatic heterocycles. The lowest BCUT2D eigenvalue weighted by atomic mass is 10.1. The molecule has 0 aliphatic heterocycles. The molecule has 3 nitrogen and oxygen atoms in total. The minimum atomic E-state index is -0.325. The number of halogens is 1. The van der Waals surface area contributed by atoms with Gasteiger partial charge in [-0.2, -0.15) is 0 Å². The molecule has 106 valence electrons. The molecule has 0 spiro atoms. The largest absolute Gasteiger partial charge is 0.482 e. The number of hydrogen-bond donors (Lipinski definition) is 0. The summed E-state index contributed by atoms with van der Waals surface area (Å²) in [6.45, 7) is 2.47. The number of unbranched alkanes of at least 4 members (excludes halogenated alkanes) is 1. The fraction of sp³-hybridized carbons (Fsp3) is 0.312. The third-order valence-electron chi connectivity index (χ3n) is 2.89. The van der Waals surface area contributed by atoms with Crippen molar-refractivity contribution >= 4 is 32.7 Å². The second kappa shape index (κ2) is 7.29. The van der Waals surface area contributed by atoms with Gasteiger partial charge in [-0.1, -0.05) is 41.4 Å². The zero-order valence-corrected chi connectivity index (χ0v) is 13.0. The van der Waals surface area contributed by atoms with Crippen molar-refractivity contribution in [1.82, 2.24) is 0 Å². The van der Waals surface area contributed by atoms with Gasteiger partial charge in [-0.25, -0.2) is 4.79 Å². The maximum Gasteiger partial charge on any atom is 0.344 e. The molecule has 2 aromatic rings. The van der Waals surface area contributed by atoms with Crippen molar-refractivity contribution in [2.24, 2.45) is 0 Å². The van der Waals surface area contributed by atoms with Gasteiger partial charge < -0.3 is 9.47 Å². The molecule has 0 atom stereocenters. The summed E-state index contributed by atoms with van der Waals surface area (Å²) in [5.41, 5.74) is 0. The highest BCUT2D eigenvalue weighted by molar-refractivity contribution is 9.10. The van der Waals surface area contributed by atoms with Gasteiger partial charge in [0, 0.05) is 4.47 Å².